The van der Waals surface area contributed by atoms with Crippen LogP contribution in [0.5, 0.6) is 0 Å². The molecule has 2 aromatic carbocycles. The van der Waals surface area contributed by atoms with Crippen molar-refractivity contribution < 1.29 is 4.39 Å². The van der Waals surface area contributed by atoms with Crippen LogP contribution in [0.15, 0.2) is 42.5 Å². The lowest BCUT2D eigenvalue weighted by Gasteiger charge is -2.18. The van der Waals surface area contributed by atoms with E-state index in [2.05, 4.69) is 4.90 Å². The van der Waals surface area contributed by atoms with Gasteiger partial charge in [-0.2, -0.15) is 0 Å². The smallest absolute Gasteiger partial charge is 0.142 e. The van der Waals surface area contributed by atoms with Gasteiger partial charge in [0.05, 0.1) is 5.02 Å². The SMILES string of the molecule is CN(Cc1cccc(N)c1)Cc1cccc(F)c1Cl. The molecule has 0 heterocycles. The molecule has 0 saturated heterocycles. The van der Waals surface area contributed by atoms with Crippen molar-refractivity contribution in [2.75, 3.05) is 12.8 Å². The van der Waals surface area contributed by atoms with Crippen molar-refractivity contribution in [2.24, 2.45) is 0 Å². The number of nitrogens with zero attached hydrogens (tertiary/aromatic N) is 1. The van der Waals surface area contributed by atoms with Crippen molar-refractivity contribution in [2.45, 2.75) is 13.1 Å². The Morgan fingerprint density at radius 1 is 1.16 bits per heavy atom. The van der Waals surface area contributed by atoms with Crippen LogP contribution in [0.4, 0.5) is 10.1 Å². The molecule has 4 heteroatoms. The van der Waals surface area contributed by atoms with Gasteiger partial charge in [0, 0.05) is 18.8 Å². The highest BCUT2D eigenvalue weighted by Gasteiger charge is 2.08. The van der Waals surface area contributed by atoms with E-state index in [1.165, 1.54) is 6.07 Å². The van der Waals surface area contributed by atoms with Gasteiger partial charge in [0.15, 0.2) is 0 Å². The first-order valence-electron chi connectivity index (χ1n) is 6.02. The number of hydrogen-bond acceptors (Lipinski definition) is 2. The van der Waals surface area contributed by atoms with Crippen LogP contribution in [0.25, 0.3) is 0 Å². The van der Waals surface area contributed by atoms with Crippen LogP contribution in [-0.4, -0.2) is 11.9 Å². The highest BCUT2D eigenvalue weighted by Crippen LogP contribution is 2.21. The van der Waals surface area contributed by atoms with Crippen molar-refractivity contribution >= 4 is 17.3 Å². The lowest BCUT2D eigenvalue weighted by molar-refractivity contribution is 0.318. The highest BCUT2D eigenvalue weighted by atomic mass is 35.5. The summed E-state index contributed by atoms with van der Waals surface area (Å²) in [5.74, 6) is -0.378. The molecule has 0 aliphatic heterocycles. The van der Waals surface area contributed by atoms with Gasteiger partial charge in [-0.3, -0.25) is 4.90 Å². The summed E-state index contributed by atoms with van der Waals surface area (Å²) in [7, 11) is 1.96. The Morgan fingerprint density at radius 3 is 2.63 bits per heavy atom. The first-order valence-corrected chi connectivity index (χ1v) is 6.40. The van der Waals surface area contributed by atoms with Crippen LogP contribution in [-0.2, 0) is 13.1 Å². The highest BCUT2D eigenvalue weighted by molar-refractivity contribution is 6.31. The summed E-state index contributed by atoms with van der Waals surface area (Å²) in [4.78, 5) is 2.06. The minimum Gasteiger partial charge on any atom is -0.399 e. The van der Waals surface area contributed by atoms with Gasteiger partial charge in [0.25, 0.3) is 0 Å². The number of halogens is 2. The number of hydrogen-bond donors (Lipinski definition) is 1. The zero-order valence-corrected chi connectivity index (χ0v) is 11.5. The standard InChI is InChI=1S/C15H16ClFN2/c1-19(9-11-4-2-6-13(18)8-11)10-12-5-3-7-14(17)15(12)16/h2-8H,9-10,18H2,1H3. The molecule has 0 fully saturated rings. The molecule has 0 bridgehead atoms. The van der Waals surface area contributed by atoms with Crippen LogP contribution in [0, 0.1) is 5.82 Å². The van der Waals surface area contributed by atoms with Crippen LogP contribution < -0.4 is 5.73 Å². The molecule has 0 aliphatic carbocycles. The molecule has 100 valence electrons. The average molecular weight is 279 g/mol. The summed E-state index contributed by atoms with van der Waals surface area (Å²) in [6.45, 7) is 1.32. The van der Waals surface area contributed by atoms with Crippen molar-refractivity contribution in [3.05, 3.63) is 64.4 Å². The second kappa shape index (κ2) is 6.04. The summed E-state index contributed by atoms with van der Waals surface area (Å²) in [6.07, 6.45) is 0. The Labute approximate surface area is 117 Å². The second-order valence-electron chi connectivity index (χ2n) is 4.63. The van der Waals surface area contributed by atoms with Gasteiger partial charge in [0.1, 0.15) is 5.82 Å². The molecule has 2 rings (SSSR count). The maximum atomic E-state index is 13.3. The van der Waals surface area contributed by atoms with Gasteiger partial charge < -0.3 is 5.73 Å². The van der Waals surface area contributed by atoms with E-state index >= 15 is 0 Å². The fourth-order valence-corrected chi connectivity index (χ4v) is 2.21. The second-order valence-corrected chi connectivity index (χ2v) is 5.01. The lowest BCUT2D eigenvalue weighted by atomic mass is 10.1. The molecular weight excluding hydrogens is 263 g/mol. The number of rotatable bonds is 4. The third-order valence-corrected chi connectivity index (χ3v) is 3.30. The van der Waals surface area contributed by atoms with Crippen molar-refractivity contribution in [3.8, 4) is 0 Å². The fourth-order valence-electron chi connectivity index (χ4n) is 2.02. The van der Waals surface area contributed by atoms with E-state index in [-0.39, 0.29) is 10.8 Å². The van der Waals surface area contributed by atoms with Gasteiger partial charge in [0.2, 0.25) is 0 Å². The van der Waals surface area contributed by atoms with E-state index < -0.39 is 0 Å². The topological polar surface area (TPSA) is 29.3 Å². The summed E-state index contributed by atoms with van der Waals surface area (Å²) >= 11 is 5.94. The fraction of sp³-hybridized carbons (Fsp3) is 0.200. The molecule has 0 amide bonds. The van der Waals surface area contributed by atoms with Gasteiger partial charge in [-0.15, -0.1) is 0 Å². The molecule has 2 aromatic rings. The first-order chi connectivity index (χ1) is 9.06. The third-order valence-electron chi connectivity index (χ3n) is 2.88. The molecule has 0 radical (unpaired) electrons. The first kappa shape index (κ1) is 13.8. The molecule has 0 aliphatic rings. The van der Waals surface area contributed by atoms with Crippen molar-refractivity contribution in [1.29, 1.82) is 0 Å². The van der Waals surface area contributed by atoms with Gasteiger partial charge >= 0.3 is 0 Å². The molecular formula is C15H16ClFN2. The Hall–Kier alpha value is -1.58. The van der Waals surface area contributed by atoms with E-state index in [0.717, 1.165) is 23.4 Å². The number of anilines is 1. The normalized spacial score (nSPS) is 10.9. The Balaban J connectivity index is 2.05. The monoisotopic (exact) mass is 278 g/mol. The summed E-state index contributed by atoms with van der Waals surface area (Å²) < 4.78 is 13.3. The Bertz CT molecular complexity index is 572. The Kier molecular flexibility index (Phi) is 4.40. The molecule has 0 saturated carbocycles. The maximum absolute atomic E-state index is 13.3. The third kappa shape index (κ3) is 3.69. The average Bonchev–Trinajstić information content (AvgIpc) is 2.35. The van der Waals surface area contributed by atoms with E-state index in [4.69, 9.17) is 17.3 Å². The minimum absolute atomic E-state index is 0.196. The van der Waals surface area contributed by atoms with E-state index in [0.29, 0.717) is 6.54 Å². The molecule has 19 heavy (non-hydrogen) atoms. The largest absolute Gasteiger partial charge is 0.399 e. The molecule has 2 nitrogen and oxygen atoms in total. The number of nitrogen functional groups attached to an aromatic ring is 1. The maximum Gasteiger partial charge on any atom is 0.142 e. The summed E-state index contributed by atoms with van der Waals surface area (Å²) in [6, 6.07) is 12.6. The van der Waals surface area contributed by atoms with Crippen molar-refractivity contribution in [3.63, 3.8) is 0 Å². The Morgan fingerprint density at radius 2 is 1.89 bits per heavy atom. The molecule has 0 unspecified atom stereocenters. The van der Waals surface area contributed by atoms with Crippen LogP contribution in [0.2, 0.25) is 5.02 Å². The van der Waals surface area contributed by atoms with Gasteiger partial charge in [-0.05, 0) is 36.4 Å². The molecule has 2 N–H and O–H groups in total. The van der Waals surface area contributed by atoms with Gasteiger partial charge in [-0.25, -0.2) is 4.39 Å². The van der Waals surface area contributed by atoms with Gasteiger partial charge in [-0.1, -0.05) is 35.9 Å². The summed E-state index contributed by atoms with van der Waals surface area (Å²) in [5, 5.41) is 0.196. The summed E-state index contributed by atoms with van der Waals surface area (Å²) in [5.41, 5.74) is 8.39. The van der Waals surface area contributed by atoms with Crippen LogP contribution in [0.1, 0.15) is 11.1 Å². The quantitative estimate of drug-likeness (QED) is 0.864. The number of benzene rings is 2. The van der Waals surface area contributed by atoms with Crippen LogP contribution in [0.3, 0.4) is 0 Å². The lowest BCUT2D eigenvalue weighted by Crippen LogP contribution is -2.17. The zero-order valence-electron chi connectivity index (χ0n) is 10.7. The van der Waals surface area contributed by atoms with E-state index in [1.54, 1.807) is 6.07 Å². The van der Waals surface area contributed by atoms with E-state index in [9.17, 15) is 4.39 Å². The van der Waals surface area contributed by atoms with E-state index in [1.807, 2.05) is 37.4 Å². The predicted molar refractivity (Wildman–Crippen MR) is 77.4 cm³/mol. The van der Waals surface area contributed by atoms with Crippen molar-refractivity contribution in [1.82, 2.24) is 4.90 Å². The minimum atomic E-state index is -0.378. The van der Waals surface area contributed by atoms with Crippen LogP contribution >= 0.6 is 11.6 Å². The molecule has 0 aromatic heterocycles. The predicted octanol–water partition coefficient (Wildman–Crippen LogP) is 3.69. The number of nitrogens with two attached hydrogens (primary N) is 1. The molecule has 0 spiro atoms. The zero-order chi connectivity index (χ0) is 13.8. The molecule has 0 atom stereocenters.